The van der Waals surface area contributed by atoms with Crippen LogP contribution < -0.4 is 4.74 Å². The average Bonchev–Trinajstić information content (AvgIpc) is 3.33. The van der Waals surface area contributed by atoms with Gasteiger partial charge in [0.2, 0.25) is 5.91 Å². The third kappa shape index (κ3) is 5.19. The predicted octanol–water partition coefficient (Wildman–Crippen LogP) is 4.86. The average molecular weight is 424 g/mol. The van der Waals surface area contributed by atoms with Crippen molar-refractivity contribution in [3.8, 4) is 5.75 Å². The molecule has 0 bridgehead atoms. The number of likely N-dealkylation sites (tertiary alicyclic amines) is 1. The first kappa shape index (κ1) is 21.2. The number of hydrogen-bond donors (Lipinski definition) is 1. The fraction of sp³-hybridized carbons (Fsp3) is 0.440. The zero-order chi connectivity index (χ0) is 21.6. The van der Waals surface area contributed by atoms with Gasteiger partial charge in [0.05, 0.1) is 6.61 Å². The zero-order valence-electron chi connectivity index (χ0n) is 17.6. The minimum absolute atomic E-state index is 0.0400. The highest BCUT2D eigenvalue weighted by Gasteiger charge is 2.47. The largest absolute Gasteiger partial charge is 0.507 e. The molecule has 2 fully saturated rings. The van der Waals surface area contributed by atoms with Crippen molar-refractivity contribution in [3.05, 3.63) is 65.7 Å². The van der Waals surface area contributed by atoms with Crippen LogP contribution in [-0.2, 0) is 16.0 Å². The Hall–Kier alpha value is -3.02. The topological polar surface area (TPSA) is 76.1 Å². The molecule has 164 valence electrons. The first-order chi connectivity index (χ1) is 15.1. The van der Waals surface area contributed by atoms with Gasteiger partial charge in [0, 0.05) is 25.3 Å². The number of carbonyl (C=O) groups excluding carboxylic acids is 1. The number of fused-ring (bicyclic) bond motifs is 1. The molecule has 4 rings (SSSR count). The smallest absolute Gasteiger partial charge is 0.493 e. The first-order valence-corrected chi connectivity index (χ1v) is 11.1. The summed E-state index contributed by atoms with van der Waals surface area (Å²) in [5, 5.41) is 9.03. The Labute approximate surface area is 182 Å². The molecule has 1 saturated carbocycles. The summed E-state index contributed by atoms with van der Waals surface area (Å²) in [5.41, 5.74) is 2.33. The maximum atomic E-state index is 12.9. The van der Waals surface area contributed by atoms with Gasteiger partial charge < -0.3 is 19.5 Å². The summed E-state index contributed by atoms with van der Waals surface area (Å²) in [6.07, 6.45) is 3.39. The summed E-state index contributed by atoms with van der Waals surface area (Å²) in [7, 11) is 0. The highest BCUT2D eigenvalue weighted by atomic mass is 16.7. The monoisotopic (exact) mass is 423 g/mol. The molecule has 1 heterocycles. The number of nitrogens with zero attached hydrogens (tertiary/aromatic N) is 1. The van der Waals surface area contributed by atoms with E-state index in [1.165, 1.54) is 5.56 Å². The third-order valence-corrected chi connectivity index (χ3v) is 6.32. The molecular formula is C25H29NO5. The Balaban J connectivity index is 1.30. The Bertz CT molecular complexity index is 900. The normalized spacial score (nSPS) is 22.2. The highest BCUT2D eigenvalue weighted by Crippen LogP contribution is 2.42. The van der Waals surface area contributed by atoms with Crippen molar-refractivity contribution < 1.29 is 24.2 Å². The second-order valence-corrected chi connectivity index (χ2v) is 8.36. The summed E-state index contributed by atoms with van der Waals surface area (Å²) in [6, 6.07) is 18.3. The van der Waals surface area contributed by atoms with E-state index in [1.54, 1.807) is 4.90 Å². The second-order valence-electron chi connectivity index (χ2n) is 8.36. The molecule has 0 unspecified atom stereocenters. The van der Waals surface area contributed by atoms with Crippen molar-refractivity contribution >= 4 is 12.1 Å². The molecule has 2 aromatic rings. The molecule has 0 aromatic heterocycles. The highest BCUT2D eigenvalue weighted by molar-refractivity contribution is 5.77. The Kier molecular flexibility index (Phi) is 6.75. The van der Waals surface area contributed by atoms with Crippen molar-refractivity contribution in [2.75, 3.05) is 6.61 Å². The number of para-hydroxylation sites is 1. The standard InChI is InChI=1S/C25H29NO5/c27-23(26-21-12-6-11-19(21)17-24(26)31-25(28)29)14-7-15-30-22-13-5-4-10-20(22)16-18-8-2-1-3-9-18/h1-5,8-10,13,19,21,24H,6-7,11-12,14-17H2,(H,28,29)/t19-,21-,24-/m0/s1. The van der Waals surface area contributed by atoms with Gasteiger partial charge in [0.25, 0.3) is 0 Å². The van der Waals surface area contributed by atoms with Crippen molar-refractivity contribution in [2.45, 2.75) is 57.2 Å². The SMILES string of the molecule is O=C(O)O[C@H]1C[C@@H]2CCC[C@@H]2N1C(=O)CCCOc1ccccc1Cc1ccccc1. The molecule has 1 amide bonds. The van der Waals surface area contributed by atoms with Crippen LogP contribution in [-0.4, -0.2) is 40.9 Å². The van der Waals surface area contributed by atoms with E-state index in [1.807, 2.05) is 36.4 Å². The minimum Gasteiger partial charge on any atom is -0.493 e. The number of carboxylic acid groups (broad SMARTS) is 1. The van der Waals surface area contributed by atoms with Crippen LogP contribution in [0.1, 0.15) is 49.7 Å². The van der Waals surface area contributed by atoms with Gasteiger partial charge in [0.15, 0.2) is 6.23 Å². The first-order valence-electron chi connectivity index (χ1n) is 11.1. The van der Waals surface area contributed by atoms with Crippen molar-refractivity contribution in [1.29, 1.82) is 0 Å². The van der Waals surface area contributed by atoms with Gasteiger partial charge in [0.1, 0.15) is 5.75 Å². The van der Waals surface area contributed by atoms with Crippen LogP contribution in [0, 0.1) is 5.92 Å². The third-order valence-electron chi connectivity index (χ3n) is 6.32. The molecule has 6 heteroatoms. The Morgan fingerprint density at radius 3 is 2.61 bits per heavy atom. The van der Waals surface area contributed by atoms with E-state index in [4.69, 9.17) is 14.6 Å². The molecule has 6 nitrogen and oxygen atoms in total. The van der Waals surface area contributed by atoms with E-state index in [0.717, 1.165) is 37.0 Å². The summed E-state index contributed by atoms with van der Waals surface area (Å²) in [6.45, 7) is 0.434. The lowest BCUT2D eigenvalue weighted by Crippen LogP contribution is -2.43. The van der Waals surface area contributed by atoms with Crippen molar-refractivity contribution in [1.82, 2.24) is 4.90 Å². The Morgan fingerprint density at radius 2 is 1.81 bits per heavy atom. The van der Waals surface area contributed by atoms with Gasteiger partial charge in [-0.25, -0.2) is 4.79 Å². The summed E-state index contributed by atoms with van der Waals surface area (Å²) in [5.74, 6) is 1.15. The van der Waals surface area contributed by atoms with Crippen LogP contribution in [0.4, 0.5) is 4.79 Å². The van der Waals surface area contributed by atoms with Gasteiger partial charge in [-0.3, -0.25) is 4.79 Å². The molecule has 3 atom stereocenters. The van der Waals surface area contributed by atoms with E-state index in [0.29, 0.717) is 31.8 Å². The summed E-state index contributed by atoms with van der Waals surface area (Å²) >= 11 is 0. The van der Waals surface area contributed by atoms with Crippen LogP contribution in [0.25, 0.3) is 0 Å². The van der Waals surface area contributed by atoms with Gasteiger partial charge in [-0.2, -0.15) is 0 Å². The summed E-state index contributed by atoms with van der Waals surface area (Å²) in [4.78, 5) is 25.6. The molecule has 0 spiro atoms. The van der Waals surface area contributed by atoms with E-state index < -0.39 is 12.4 Å². The molecule has 1 saturated heterocycles. The number of benzene rings is 2. The number of rotatable bonds is 8. The fourth-order valence-electron chi connectivity index (χ4n) is 4.95. The van der Waals surface area contributed by atoms with E-state index in [9.17, 15) is 9.59 Å². The van der Waals surface area contributed by atoms with Crippen LogP contribution in [0.15, 0.2) is 54.6 Å². The van der Waals surface area contributed by atoms with Crippen LogP contribution in [0.3, 0.4) is 0 Å². The molecule has 1 aliphatic carbocycles. The number of ether oxygens (including phenoxy) is 2. The number of carbonyl (C=O) groups is 2. The maximum absolute atomic E-state index is 12.9. The predicted molar refractivity (Wildman–Crippen MR) is 116 cm³/mol. The molecule has 1 aliphatic heterocycles. The lowest BCUT2D eigenvalue weighted by atomic mass is 10.0. The van der Waals surface area contributed by atoms with Crippen molar-refractivity contribution in [2.24, 2.45) is 5.92 Å². The van der Waals surface area contributed by atoms with E-state index in [-0.39, 0.29) is 11.9 Å². The van der Waals surface area contributed by atoms with Crippen LogP contribution in [0.2, 0.25) is 0 Å². The quantitative estimate of drug-likeness (QED) is 0.485. The van der Waals surface area contributed by atoms with Gasteiger partial charge in [-0.15, -0.1) is 0 Å². The summed E-state index contributed by atoms with van der Waals surface area (Å²) < 4.78 is 11.0. The maximum Gasteiger partial charge on any atom is 0.507 e. The second kappa shape index (κ2) is 9.86. The number of amides is 1. The Morgan fingerprint density at radius 1 is 1.03 bits per heavy atom. The number of hydrogen-bond acceptors (Lipinski definition) is 4. The molecule has 1 N–H and O–H groups in total. The van der Waals surface area contributed by atoms with Crippen LogP contribution in [0.5, 0.6) is 5.75 Å². The van der Waals surface area contributed by atoms with Crippen molar-refractivity contribution in [3.63, 3.8) is 0 Å². The fourth-order valence-corrected chi connectivity index (χ4v) is 4.95. The molecule has 2 aromatic carbocycles. The zero-order valence-corrected chi connectivity index (χ0v) is 17.6. The molecule has 0 radical (unpaired) electrons. The molecule has 2 aliphatic rings. The van der Waals surface area contributed by atoms with Crippen LogP contribution >= 0.6 is 0 Å². The van der Waals surface area contributed by atoms with E-state index >= 15 is 0 Å². The molecular weight excluding hydrogens is 394 g/mol. The van der Waals surface area contributed by atoms with Gasteiger partial charge >= 0.3 is 6.16 Å². The molecule has 31 heavy (non-hydrogen) atoms. The minimum atomic E-state index is -1.32. The van der Waals surface area contributed by atoms with E-state index in [2.05, 4.69) is 18.2 Å². The lowest BCUT2D eigenvalue weighted by Gasteiger charge is -2.28. The lowest BCUT2D eigenvalue weighted by molar-refractivity contribution is -0.142. The van der Waals surface area contributed by atoms with Gasteiger partial charge in [-0.05, 0) is 42.4 Å². The van der Waals surface area contributed by atoms with Gasteiger partial charge in [-0.1, -0.05) is 55.0 Å².